The van der Waals surface area contributed by atoms with Crippen molar-refractivity contribution in [3.63, 3.8) is 0 Å². The standard InChI is InChI=1S/C30H40N4O4/c1-19(2)17-25(33-29(37)38-30(6,7)8)28(36)34(16-15-31)26(23-14-13-20(3)22(5)18-23)27(35)32-24-12-10-9-11-21(24)4/h9-14,18-19,25-26H,16-17H2,1-8H3,(H,32,35)(H,33,37). The van der Waals surface area contributed by atoms with Gasteiger partial charge in [-0.2, -0.15) is 5.26 Å². The number of ether oxygens (including phenoxy) is 1. The van der Waals surface area contributed by atoms with Crippen molar-refractivity contribution in [2.75, 3.05) is 11.9 Å². The van der Waals surface area contributed by atoms with Gasteiger partial charge >= 0.3 is 6.09 Å². The van der Waals surface area contributed by atoms with Gasteiger partial charge in [-0.1, -0.05) is 50.2 Å². The monoisotopic (exact) mass is 520 g/mol. The smallest absolute Gasteiger partial charge is 0.408 e. The number of rotatable bonds is 9. The molecule has 0 bridgehead atoms. The lowest BCUT2D eigenvalue weighted by molar-refractivity contribution is -0.140. The molecule has 0 aromatic heterocycles. The fraction of sp³-hybridized carbons (Fsp3) is 0.467. The number of nitriles is 1. The van der Waals surface area contributed by atoms with Gasteiger partial charge < -0.3 is 20.3 Å². The Morgan fingerprint density at radius 3 is 2.21 bits per heavy atom. The third-order valence-electron chi connectivity index (χ3n) is 6.03. The van der Waals surface area contributed by atoms with E-state index < -0.39 is 35.6 Å². The molecule has 0 radical (unpaired) electrons. The maximum atomic E-state index is 14.0. The number of para-hydroxylation sites is 1. The number of amides is 3. The van der Waals surface area contributed by atoms with Crippen molar-refractivity contribution >= 4 is 23.6 Å². The zero-order chi connectivity index (χ0) is 28.6. The summed E-state index contributed by atoms with van der Waals surface area (Å²) >= 11 is 0. The Morgan fingerprint density at radius 2 is 1.66 bits per heavy atom. The van der Waals surface area contributed by atoms with Crippen LogP contribution < -0.4 is 10.6 Å². The summed E-state index contributed by atoms with van der Waals surface area (Å²) in [6, 6.07) is 12.8. The summed E-state index contributed by atoms with van der Waals surface area (Å²) in [7, 11) is 0. The third kappa shape index (κ3) is 8.62. The van der Waals surface area contributed by atoms with E-state index in [-0.39, 0.29) is 12.5 Å². The molecular formula is C30H40N4O4. The summed E-state index contributed by atoms with van der Waals surface area (Å²) in [4.78, 5) is 41.7. The zero-order valence-electron chi connectivity index (χ0n) is 23.7. The second kappa shape index (κ2) is 13.1. The molecule has 2 aromatic carbocycles. The molecule has 0 saturated heterocycles. The van der Waals surface area contributed by atoms with Crippen LogP contribution in [0.4, 0.5) is 10.5 Å². The van der Waals surface area contributed by atoms with Gasteiger partial charge in [0, 0.05) is 5.69 Å². The van der Waals surface area contributed by atoms with E-state index >= 15 is 0 Å². The van der Waals surface area contributed by atoms with Crippen LogP contribution in [0, 0.1) is 38.0 Å². The Labute approximate surface area is 226 Å². The molecule has 8 nitrogen and oxygen atoms in total. The minimum absolute atomic E-state index is 0.0451. The Balaban J connectivity index is 2.55. The van der Waals surface area contributed by atoms with Gasteiger partial charge in [-0.05, 0) is 82.2 Å². The molecule has 204 valence electrons. The molecule has 0 heterocycles. The number of carbonyl (C=O) groups is 3. The van der Waals surface area contributed by atoms with Crippen molar-refractivity contribution in [1.29, 1.82) is 5.26 Å². The molecule has 3 amide bonds. The number of nitrogens with one attached hydrogen (secondary N) is 2. The molecule has 0 fully saturated rings. The molecule has 8 heteroatoms. The van der Waals surface area contributed by atoms with Crippen LogP contribution in [0.15, 0.2) is 42.5 Å². The predicted octanol–water partition coefficient (Wildman–Crippen LogP) is 5.58. The topological polar surface area (TPSA) is 112 Å². The van der Waals surface area contributed by atoms with Gasteiger partial charge in [-0.3, -0.25) is 9.59 Å². The number of anilines is 1. The van der Waals surface area contributed by atoms with E-state index in [9.17, 15) is 19.6 Å². The molecular weight excluding hydrogens is 480 g/mol. The highest BCUT2D eigenvalue weighted by Crippen LogP contribution is 2.27. The number of hydrogen-bond donors (Lipinski definition) is 2. The molecule has 0 aliphatic heterocycles. The van der Waals surface area contributed by atoms with Crippen molar-refractivity contribution in [2.24, 2.45) is 5.92 Å². The number of hydrogen-bond acceptors (Lipinski definition) is 5. The number of nitrogens with zero attached hydrogens (tertiary/aromatic N) is 2. The third-order valence-corrected chi connectivity index (χ3v) is 6.03. The minimum atomic E-state index is -1.10. The average Bonchev–Trinajstić information content (AvgIpc) is 2.80. The summed E-state index contributed by atoms with van der Waals surface area (Å²) in [5, 5.41) is 15.3. The fourth-order valence-electron chi connectivity index (χ4n) is 4.04. The van der Waals surface area contributed by atoms with Crippen LogP contribution >= 0.6 is 0 Å². The van der Waals surface area contributed by atoms with Gasteiger partial charge in [0.1, 0.15) is 24.2 Å². The highest BCUT2D eigenvalue weighted by Gasteiger charge is 2.37. The first-order valence-corrected chi connectivity index (χ1v) is 12.8. The molecule has 38 heavy (non-hydrogen) atoms. The number of benzene rings is 2. The van der Waals surface area contributed by atoms with Crippen LogP contribution in [0.25, 0.3) is 0 Å². The van der Waals surface area contributed by atoms with E-state index in [1.807, 2.05) is 71.0 Å². The lowest BCUT2D eigenvalue weighted by atomic mass is 9.97. The molecule has 0 aliphatic carbocycles. The van der Waals surface area contributed by atoms with E-state index in [4.69, 9.17) is 4.74 Å². The lowest BCUT2D eigenvalue weighted by Gasteiger charge is -2.33. The molecule has 2 aromatic rings. The summed E-state index contributed by atoms with van der Waals surface area (Å²) in [6.07, 6.45) is -0.431. The zero-order valence-corrected chi connectivity index (χ0v) is 23.7. The van der Waals surface area contributed by atoms with E-state index in [0.29, 0.717) is 17.7 Å². The molecule has 2 N–H and O–H groups in total. The minimum Gasteiger partial charge on any atom is -0.444 e. The first kappa shape index (κ1) is 30.4. The highest BCUT2D eigenvalue weighted by molar-refractivity contribution is 5.99. The number of carbonyl (C=O) groups excluding carboxylic acids is 3. The van der Waals surface area contributed by atoms with Crippen LogP contribution in [0.5, 0.6) is 0 Å². The Bertz CT molecular complexity index is 1190. The maximum absolute atomic E-state index is 14.0. The van der Waals surface area contributed by atoms with Crippen LogP contribution in [0.2, 0.25) is 0 Å². The van der Waals surface area contributed by atoms with Crippen LogP contribution in [0.3, 0.4) is 0 Å². The quantitative estimate of drug-likeness (QED) is 0.419. The Kier molecular flexibility index (Phi) is 10.5. The lowest BCUT2D eigenvalue weighted by Crippen LogP contribution is -2.53. The highest BCUT2D eigenvalue weighted by atomic mass is 16.6. The number of aryl methyl sites for hydroxylation is 3. The normalized spacial score (nSPS) is 12.7. The summed E-state index contributed by atoms with van der Waals surface area (Å²) in [5.74, 6) is -0.940. The Morgan fingerprint density at radius 1 is 1.00 bits per heavy atom. The molecule has 0 saturated carbocycles. The van der Waals surface area contributed by atoms with Crippen molar-refractivity contribution in [2.45, 2.75) is 79.5 Å². The molecule has 2 atom stereocenters. The first-order valence-electron chi connectivity index (χ1n) is 12.8. The van der Waals surface area contributed by atoms with Gasteiger partial charge in [0.2, 0.25) is 5.91 Å². The van der Waals surface area contributed by atoms with Crippen molar-refractivity contribution in [3.05, 3.63) is 64.7 Å². The summed E-state index contributed by atoms with van der Waals surface area (Å²) < 4.78 is 5.39. The van der Waals surface area contributed by atoms with Crippen LogP contribution in [-0.4, -0.2) is 41.0 Å². The van der Waals surface area contributed by atoms with E-state index in [2.05, 4.69) is 10.6 Å². The molecule has 2 unspecified atom stereocenters. The second-order valence-corrected chi connectivity index (χ2v) is 11.0. The number of alkyl carbamates (subject to hydrolysis) is 1. The van der Waals surface area contributed by atoms with Crippen molar-refractivity contribution in [1.82, 2.24) is 10.2 Å². The van der Waals surface area contributed by atoms with Gasteiger partial charge in [0.15, 0.2) is 0 Å². The largest absolute Gasteiger partial charge is 0.444 e. The average molecular weight is 521 g/mol. The van der Waals surface area contributed by atoms with E-state index in [0.717, 1.165) is 16.7 Å². The summed E-state index contributed by atoms with van der Waals surface area (Å²) in [5.41, 5.74) is 3.28. The van der Waals surface area contributed by atoms with Crippen LogP contribution in [-0.2, 0) is 14.3 Å². The van der Waals surface area contributed by atoms with Gasteiger partial charge in [-0.15, -0.1) is 0 Å². The van der Waals surface area contributed by atoms with Gasteiger partial charge in [0.05, 0.1) is 6.07 Å². The van der Waals surface area contributed by atoms with Crippen molar-refractivity contribution in [3.8, 4) is 6.07 Å². The second-order valence-electron chi connectivity index (χ2n) is 11.0. The van der Waals surface area contributed by atoms with E-state index in [1.165, 1.54) is 4.90 Å². The van der Waals surface area contributed by atoms with E-state index in [1.54, 1.807) is 32.9 Å². The SMILES string of the molecule is Cc1ccc(C(C(=O)Nc2ccccc2C)N(CC#N)C(=O)C(CC(C)C)NC(=O)OC(C)(C)C)cc1C. The fourth-order valence-corrected chi connectivity index (χ4v) is 4.04. The van der Waals surface area contributed by atoms with Gasteiger partial charge in [-0.25, -0.2) is 4.79 Å². The van der Waals surface area contributed by atoms with Gasteiger partial charge in [0.25, 0.3) is 5.91 Å². The molecule has 0 aliphatic rings. The summed E-state index contributed by atoms with van der Waals surface area (Å²) in [6.45, 7) is 14.5. The van der Waals surface area contributed by atoms with Crippen LogP contribution in [0.1, 0.15) is 69.3 Å². The first-order chi connectivity index (χ1) is 17.7. The maximum Gasteiger partial charge on any atom is 0.408 e. The van der Waals surface area contributed by atoms with Crippen molar-refractivity contribution < 1.29 is 19.1 Å². The Hall–Kier alpha value is -3.86. The molecule has 0 spiro atoms. The predicted molar refractivity (Wildman–Crippen MR) is 148 cm³/mol. The molecule has 2 rings (SSSR count).